The summed E-state index contributed by atoms with van der Waals surface area (Å²) in [5.74, 6) is 1.10. The van der Waals surface area contributed by atoms with Crippen molar-refractivity contribution in [1.29, 1.82) is 5.26 Å². The quantitative estimate of drug-likeness (QED) is 0.813. The van der Waals surface area contributed by atoms with Crippen molar-refractivity contribution < 1.29 is 4.74 Å². The van der Waals surface area contributed by atoms with Gasteiger partial charge in [0.2, 0.25) is 0 Å². The van der Waals surface area contributed by atoms with Gasteiger partial charge >= 0.3 is 0 Å². The predicted molar refractivity (Wildman–Crippen MR) is 65.0 cm³/mol. The van der Waals surface area contributed by atoms with E-state index < -0.39 is 0 Å². The van der Waals surface area contributed by atoms with Gasteiger partial charge in [0.05, 0.1) is 30.8 Å². The van der Waals surface area contributed by atoms with Crippen molar-refractivity contribution in [1.82, 2.24) is 15.0 Å². The highest BCUT2D eigenvalue weighted by Gasteiger charge is 2.34. The Morgan fingerprint density at radius 2 is 2.33 bits per heavy atom. The second-order valence-corrected chi connectivity index (χ2v) is 5.34. The summed E-state index contributed by atoms with van der Waals surface area (Å²) in [7, 11) is 0. The van der Waals surface area contributed by atoms with Gasteiger partial charge in [-0.15, -0.1) is 5.10 Å². The van der Waals surface area contributed by atoms with Gasteiger partial charge in [0, 0.05) is 12.5 Å². The van der Waals surface area contributed by atoms with Crippen molar-refractivity contribution in [2.75, 3.05) is 13.2 Å². The number of nitriles is 1. The van der Waals surface area contributed by atoms with Crippen molar-refractivity contribution in [3.8, 4) is 6.07 Å². The number of hydrogen-bond acceptors (Lipinski definition) is 4. The molecule has 0 N–H and O–H groups in total. The zero-order valence-corrected chi connectivity index (χ0v) is 10.7. The maximum absolute atomic E-state index is 8.90. The van der Waals surface area contributed by atoms with Crippen LogP contribution in [0.1, 0.15) is 49.5 Å². The van der Waals surface area contributed by atoms with E-state index in [0.717, 1.165) is 36.9 Å². The lowest BCUT2D eigenvalue weighted by atomic mass is 10.0. The predicted octanol–water partition coefficient (Wildman–Crippen LogP) is 1.82. The van der Waals surface area contributed by atoms with Gasteiger partial charge in [0.15, 0.2) is 0 Å². The van der Waals surface area contributed by atoms with Gasteiger partial charge in [-0.1, -0.05) is 5.21 Å². The Hall–Kier alpha value is -1.41. The molecule has 1 aliphatic carbocycles. The molecule has 0 aromatic carbocycles. The van der Waals surface area contributed by atoms with E-state index >= 15 is 0 Å². The fourth-order valence-corrected chi connectivity index (χ4v) is 2.79. The zero-order valence-electron chi connectivity index (χ0n) is 10.7. The van der Waals surface area contributed by atoms with Gasteiger partial charge in [0.1, 0.15) is 5.69 Å². The number of hydrogen-bond donors (Lipinski definition) is 0. The molecule has 1 aromatic rings. The first-order valence-electron chi connectivity index (χ1n) is 6.70. The number of nitrogens with zero attached hydrogens (tertiary/aromatic N) is 4. The third-order valence-electron chi connectivity index (χ3n) is 4.06. The molecule has 0 spiro atoms. The molecule has 1 aromatic heterocycles. The van der Waals surface area contributed by atoms with E-state index in [1.165, 1.54) is 12.8 Å². The number of ether oxygens (including phenoxy) is 1. The van der Waals surface area contributed by atoms with Crippen molar-refractivity contribution in [2.24, 2.45) is 5.92 Å². The molecular formula is C13H18N4O. The highest BCUT2D eigenvalue weighted by molar-refractivity contribution is 5.20. The van der Waals surface area contributed by atoms with Crippen LogP contribution in [0.25, 0.3) is 0 Å². The van der Waals surface area contributed by atoms with Crippen LogP contribution in [0, 0.1) is 17.2 Å². The summed E-state index contributed by atoms with van der Waals surface area (Å²) in [5.41, 5.74) is 1.99. The molecule has 0 amide bonds. The summed E-state index contributed by atoms with van der Waals surface area (Å²) < 4.78 is 7.53. The Balaban J connectivity index is 1.94. The first kappa shape index (κ1) is 11.7. The van der Waals surface area contributed by atoms with E-state index in [1.54, 1.807) is 0 Å². The summed E-state index contributed by atoms with van der Waals surface area (Å²) >= 11 is 0. The zero-order chi connectivity index (χ0) is 12.5. The van der Waals surface area contributed by atoms with Gasteiger partial charge in [0.25, 0.3) is 0 Å². The normalized spacial score (nSPS) is 25.0. The minimum absolute atomic E-state index is 0.350. The van der Waals surface area contributed by atoms with E-state index in [9.17, 15) is 0 Å². The maximum Gasteiger partial charge on any atom is 0.100 e. The molecular weight excluding hydrogens is 228 g/mol. The Labute approximate surface area is 107 Å². The SMILES string of the molecule is CC(C1CC1)n1nnc(CC#N)c1C1CCOC1. The van der Waals surface area contributed by atoms with Crippen molar-refractivity contribution >= 4 is 0 Å². The van der Waals surface area contributed by atoms with Gasteiger partial charge in [-0.25, -0.2) is 4.68 Å². The van der Waals surface area contributed by atoms with E-state index in [2.05, 4.69) is 28.0 Å². The summed E-state index contributed by atoms with van der Waals surface area (Å²) in [6.45, 7) is 3.75. The third-order valence-corrected chi connectivity index (χ3v) is 4.06. The van der Waals surface area contributed by atoms with Crippen LogP contribution >= 0.6 is 0 Å². The largest absolute Gasteiger partial charge is 0.381 e. The van der Waals surface area contributed by atoms with Gasteiger partial charge < -0.3 is 4.74 Å². The molecule has 1 saturated heterocycles. The monoisotopic (exact) mass is 246 g/mol. The molecule has 1 saturated carbocycles. The molecule has 2 atom stereocenters. The minimum atomic E-state index is 0.350. The van der Waals surface area contributed by atoms with Crippen molar-refractivity contribution in [3.05, 3.63) is 11.4 Å². The summed E-state index contributed by atoms with van der Waals surface area (Å²) in [6.07, 6.45) is 3.94. The molecule has 0 radical (unpaired) electrons. The smallest absolute Gasteiger partial charge is 0.100 e. The molecule has 2 fully saturated rings. The van der Waals surface area contributed by atoms with E-state index in [0.29, 0.717) is 18.4 Å². The van der Waals surface area contributed by atoms with Crippen LogP contribution in [0.5, 0.6) is 0 Å². The first-order valence-corrected chi connectivity index (χ1v) is 6.70. The Morgan fingerprint density at radius 3 is 2.94 bits per heavy atom. The lowest BCUT2D eigenvalue weighted by molar-refractivity contribution is 0.192. The van der Waals surface area contributed by atoms with Gasteiger partial charge in [-0.3, -0.25) is 0 Å². The van der Waals surface area contributed by atoms with Crippen LogP contribution in [-0.4, -0.2) is 28.2 Å². The average Bonchev–Trinajstić information content (AvgIpc) is 2.92. The van der Waals surface area contributed by atoms with Crippen LogP contribution in [0.15, 0.2) is 0 Å². The van der Waals surface area contributed by atoms with Crippen molar-refractivity contribution in [2.45, 2.75) is 44.6 Å². The topological polar surface area (TPSA) is 63.7 Å². The molecule has 5 nitrogen and oxygen atoms in total. The van der Waals surface area contributed by atoms with Crippen LogP contribution in [0.4, 0.5) is 0 Å². The van der Waals surface area contributed by atoms with Gasteiger partial charge in [-0.05, 0) is 32.1 Å². The van der Waals surface area contributed by atoms with Crippen molar-refractivity contribution in [3.63, 3.8) is 0 Å². The number of aromatic nitrogens is 3. The average molecular weight is 246 g/mol. The molecule has 0 bridgehead atoms. The fourth-order valence-electron chi connectivity index (χ4n) is 2.79. The van der Waals surface area contributed by atoms with Crippen LogP contribution in [-0.2, 0) is 11.2 Å². The standard InChI is InChI=1S/C13H18N4O/c1-9(10-2-3-10)17-13(11-5-7-18-8-11)12(4-6-14)15-16-17/h9-11H,2-5,7-8H2,1H3. The van der Waals surface area contributed by atoms with Crippen LogP contribution in [0.3, 0.4) is 0 Å². The highest BCUT2D eigenvalue weighted by atomic mass is 16.5. The molecule has 5 heteroatoms. The van der Waals surface area contributed by atoms with Crippen LogP contribution in [0.2, 0.25) is 0 Å². The molecule has 2 aliphatic rings. The lowest BCUT2D eigenvalue weighted by Crippen LogP contribution is -2.16. The third kappa shape index (κ3) is 2.01. The summed E-state index contributed by atoms with van der Waals surface area (Å²) in [4.78, 5) is 0. The highest BCUT2D eigenvalue weighted by Crippen LogP contribution is 2.41. The Kier molecular flexibility index (Phi) is 3.04. The fraction of sp³-hybridized carbons (Fsp3) is 0.769. The second-order valence-electron chi connectivity index (χ2n) is 5.34. The van der Waals surface area contributed by atoms with Crippen LogP contribution < -0.4 is 0 Å². The molecule has 1 aliphatic heterocycles. The molecule has 96 valence electrons. The molecule has 2 unspecified atom stereocenters. The summed E-state index contributed by atoms with van der Waals surface area (Å²) in [5, 5.41) is 17.4. The van der Waals surface area contributed by atoms with E-state index in [4.69, 9.17) is 10.00 Å². The van der Waals surface area contributed by atoms with Gasteiger partial charge in [-0.2, -0.15) is 5.26 Å². The first-order chi connectivity index (χ1) is 8.81. The van der Waals surface area contributed by atoms with E-state index in [-0.39, 0.29) is 0 Å². The number of rotatable bonds is 4. The summed E-state index contributed by atoms with van der Waals surface area (Å²) in [6, 6.07) is 2.59. The maximum atomic E-state index is 8.90. The molecule has 2 heterocycles. The molecule has 18 heavy (non-hydrogen) atoms. The van der Waals surface area contributed by atoms with E-state index in [1.807, 2.05) is 0 Å². The minimum Gasteiger partial charge on any atom is -0.381 e. The Morgan fingerprint density at radius 1 is 1.50 bits per heavy atom. The molecule has 3 rings (SSSR count). The Bertz CT molecular complexity index is 466. The second kappa shape index (κ2) is 4.69. The lowest BCUT2D eigenvalue weighted by Gasteiger charge is -2.17.